The van der Waals surface area contributed by atoms with Crippen molar-refractivity contribution in [2.75, 3.05) is 31.5 Å². The number of aryl methyl sites for hydroxylation is 1. The van der Waals surface area contributed by atoms with E-state index >= 15 is 0 Å². The van der Waals surface area contributed by atoms with Crippen LogP contribution in [-0.2, 0) is 11.0 Å². The van der Waals surface area contributed by atoms with Gasteiger partial charge in [-0.2, -0.15) is 13.2 Å². The number of nitrogens with zero attached hydrogens (tertiary/aromatic N) is 1. The van der Waals surface area contributed by atoms with Gasteiger partial charge >= 0.3 is 12.2 Å². The van der Waals surface area contributed by atoms with Crippen molar-refractivity contribution in [3.05, 3.63) is 29.3 Å². The topological polar surface area (TPSA) is 87.5 Å². The molecule has 4 N–H and O–H groups in total. The number of alkyl halides is 3. The summed E-state index contributed by atoms with van der Waals surface area (Å²) in [6.07, 6.45) is -1.25. The second-order valence-corrected chi connectivity index (χ2v) is 7.13. The van der Waals surface area contributed by atoms with Crippen molar-refractivity contribution in [1.82, 2.24) is 10.2 Å². The minimum Gasteiger partial charge on any atom is -0.369 e. The number of urea groups is 1. The fourth-order valence-electron chi connectivity index (χ4n) is 3.28. The van der Waals surface area contributed by atoms with Gasteiger partial charge in [-0.3, -0.25) is 4.79 Å². The molecule has 0 aliphatic carbocycles. The molecule has 1 saturated heterocycles. The molecule has 1 fully saturated rings. The van der Waals surface area contributed by atoms with Gasteiger partial charge in [-0.1, -0.05) is 6.07 Å². The van der Waals surface area contributed by atoms with Gasteiger partial charge < -0.3 is 21.3 Å². The predicted octanol–water partition coefficient (Wildman–Crippen LogP) is 3.11. The van der Waals surface area contributed by atoms with Crippen molar-refractivity contribution < 1.29 is 22.8 Å². The molecule has 2 rings (SSSR count). The number of piperidine rings is 1. The third-order valence-electron chi connectivity index (χ3n) is 4.98. The number of hydrogen-bond donors (Lipinski definition) is 3. The Bertz CT molecular complexity index is 686. The van der Waals surface area contributed by atoms with Gasteiger partial charge in [-0.25, -0.2) is 4.79 Å². The molecule has 1 aromatic carbocycles. The quantitative estimate of drug-likeness (QED) is 0.615. The van der Waals surface area contributed by atoms with Crippen LogP contribution in [0.3, 0.4) is 0 Å². The summed E-state index contributed by atoms with van der Waals surface area (Å²) in [5.74, 6) is -0.257. The van der Waals surface area contributed by atoms with Crippen LogP contribution in [0.4, 0.5) is 23.7 Å². The highest BCUT2D eigenvalue weighted by molar-refractivity contribution is 5.89. The second kappa shape index (κ2) is 9.77. The Labute approximate surface area is 162 Å². The van der Waals surface area contributed by atoms with E-state index in [1.165, 1.54) is 19.1 Å². The third-order valence-corrected chi connectivity index (χ3v) is 4.98. The zero-order chi connectivity index (χ0) is 20.7. The molecule has 0 spiro atoms. The first-order chi connectivity index (χ1) is 13.2. The number of carbonyl (C=O) groups excluding carboxylic acids is 2. The smallest absolute Gasteiger partial charge is 0.369 e. The number of amides is 3. The number of likely N-dealkylation sites (tertiary alicyclic amines) is 1. The first-order valence-electron chi connectivity index (χ1n) is 9.41. The molecule has 1 aliphatic heterocycles. The van der Waals surface area contributed by atoms with Crippen LogP contribution in [0.2, 0.25) is 0 Å². The fourth-order valence-corrected chi connectivity index (χ4v) is 3.28. The predicted molar refractivity (Wildman–Crippen MR) is 101 cm³/mol. The zero-order valence-electron chi connectivity index (χ0n) is 15.9. The van der Waals surface area contributed by atoms with Crippen LogP contribution in [0.15, 0.2) is 18.2 Å². The van der Waals surface area contributed by atoms with Gasteiger partial charge in [0.25, 0.3) is 0 Å². The van der Waals surface area contributed by atoms with E-state index in [0.29, 0.717) is 6.54 Å². The summed E-state index contributed by atoms with van der Waals surface area (Å²) in [7, 11) is 0. The summed E-state index contributed by atoms with van der Waals surface area (Å²) >= 11 is 0. The highest BCUT2D eigenvalue weighted by Crippen LogP contribution is 2.33. The molecule has 1 aliphatic rings. The van der Waals surface area contributed by atoms with Crippen molar-refractivity contribution in [1.29, 1.82) is 0 Å². The number of benzene rings is 1. The number of rotatable bonds is 7. The highest BCUT2D eigenvalue weighted by atomic mass is 19.4. The van der Waals surface area contributed by atoms with Crippen molar-refractivity contribution >= 4 is 17.6 Å². The molecule has 28 heavy (non-hydrogen) atoms. The van der Waals surface area contributed by atoms with Crippen molar-refractivity contribution in [2.45, 2.75) is 38.8 Å². The van der Waals surface area contributed by atoms with Crippen LogP contribution in [0.5, 0.6) is 0 Å². The molecule has 0 aromatic heterocycles. The lowest BCUT2D eigenvalue weighted by Crippen LogP contribution is -2.39. The van der Waals surface area contributed by atoms with Crippen molar-refractivity contribution in [3.8, 4) is 0 Å². The summed E-state index contributed by atoms with van der Waals surface area (Å²) in [4.78, 5) is 25.3. The Morgan fingerprint density at radius 3 is 2.50 bits per heavy atom. The first kappa shape index (κ1) is 22.0. The Hall–Kier alpha value is -2.29. The summed E-state index contributed by atoms with van der Waals surface area (Å²) in [5.41, 5.74) is 4.77. The van der Waals surface area contributed by atoms with Gasteiger partial charge in [0.05, 0.1) is 5.56 Å². The maximum Gasteiger partial charge on any atom is 0.416 e. The van der Waals surface area contributed by atoms with Crippen LogP contribution in [-0.4, -0.2) is 43.0 Å². The molecular formula is C19H27F3N4O2. The lowest BCUT2D eigenvalue weighted by molar-refractivity contribution is -0.138. The lowest BCUT2D eigenvalue weighted by Gasteiger charge is -2.30. The number of primary amides is 1. The molecule has 0 unspecified atom stereocenters. The zero-order valence-corrected chi connectivity index (χ0v) is 15.9. The maximum absolute atomic E-state index is 12.9. The number of anilines is 1. The number of unbranched alkanes of at least 4 members (excludes halogenated alkanes) is 1. The van der Waals surface area contributed by atoms with Gasteiger partial charge in [0.15, 0.2) is 0 Å². The minimum atomic E-state index is -4.45. The van der Waals surface area contributed by atoms with E-state index in [4.69, 9.17) is 5.73 Å². The largest absolute Gasteiger partial charge is 0.416 e. The van der Waals surface area contributed by atoms with Gasteiger partial charge in [0.2, 0.25) is 5.91 Å². The van der Waals surface area contributed by atoms with Crippen LogP contribution >= 0.6 is 0 Å². The van der Waals surface area contributed by atoms with E-state index in [2.05, 4.69) is 15.5 Å². The van der Waals surface area contributed by atoms with Gasteiger partial charge in [0.1, 0.15) is 0 Å². The minimum absolute atomic E-state index is 0.0266. The molecule has 9 heteroatoms. The number of halogens is 3. The first-order valence-corrected chi connectivity index (χ1v) is 9.41. The molecule has 156 valence electrons. The number of nitrogens with two attached hydrogens (primary N) is 1. The third kappa shape index (κ3) is 6.70. The number of carbonyl (C=O) groups is 2. The average Bonchev–Trinajstić information content (AvgIpc) is 2.62. The lowest BCUT2D eigenvalue weighted by atomic mass is 9.96. The van der Waals surface area contributed by atoms with Crippen LogP contribution in [0.25, 0.3) is 0 Å². The molecule has 6 nitrogen and oxygen atoms in total. The van der Waals surface area contributed by atoms with E-state index in [-0.39, 0.29) is 23.1 Å². The highest BCUT2D eigenvalue weighted by Gasteiger charge is 2.32. The van der Waals surface area contributed by atoms with Crippen molar-refractivity contribution in [3.63, 3.8) is 0 Å². The molecule has 0 atom stereocenters. The van der Waals surface area contributed by atoms with E-state index in [9.17, 15) is 22.8 Å². The number of hydrogen-bond acceptors (Lipinski definition) is 3. The van der Waals surface area contributed by atoms with Gasteiger partial charge in [-0.05, 0) is 69.9 Å². The monoisotopic (exact) mass is 400 g/mol. The molecule has 3 amide bonds. The Morgan fingerprint density at radius 1 is 1.21 bits per heavy atom. The van der Waals surface area contributed by atoms with E-state index in [1.54, 1.807) is 0 Å². The van der Waals surface area contributed by atoms with Gasteiger partial charge in [0, 0.05) is 18.2 Å². The fraction of sp³-hybridized carbons (Fsp3) is 0.579. The van der Waals surface area contributed by atoms with E-state index in [1.807, 2.05) is 0 Å². The Balaban J connectivity index is 1.65. The Kier molecular flexibility index (Phi) is 7.68. The van der Waals surface area contributed by atoms with Crippen LogP contribution in [0, 0.1) is 12.8 Å². The molecular weight excluding hydrogens is 373 g/mol. The molecule has 1 heterocycles. The SMILES string of the molecule is Cc1ccc(NC(=O)NCCCCN2CCC(C(N)=O)CC2)cc1C(F)(F)F. The molecule has 0 bridgehead atoms. The maximum atomic E-state index is 12.9. The number of nitrogens with one attached hydrogen (secondary N) is 2. The standard InChI is InChI=1S/C19H27F3N4O2/c1-13-4-5-15(12-16(13)19(20,21)22)25-18(28)24-8-2-3-9-26-10-6-14(7-11-26)17(23)27/h4-5,12,14H,2-3,6-11H2,1H3,(H2,23,27)(H2,24,25,28). The van der Waals surface area contributed by atoms with E-state index < -0.39 is 17.8 Å². The summed E-state index contributed by atoms with van der Waals surface area (Å²) in [6, 6.07) is 3.18. The molecule has 0 saturated carbocycles. The van der Waals surface area contributed by atoms with Crippen LogP contribution < -0.4 is 16.4 Å². The second-order valence-electron chi connectivity index (χ2n) is 7.13. The van der Waals surface area contributed by atoms with Crippen LogP contribution in [0.1, 0.15) is 36.8 Å². The molecule has 0 radical (unpaired) electrons. The summed E-state index contributed by atoms with van der Waals surface area (Å²) < 4.78 is 38.7. The van der Waals surface area contributed by atoms with Crippen molar-refractivity contribution in [2.24, 2.45) is 11.7 Å². The van der Waals surface area contributed by atoms with Gasteiger partial charge in [-0.15, -0.1) is 0 Å². The average molecular weight is 400 g/mol. The summed E-state index contributed by atoms with van der Waals surface area (Å²) in [5, 5.41) is 5.09. The normalized spacial score (nSPS) is 16.0. The molecule has 1 aromatic rings. The summed E-state index contributed by atoms with van der Waals surface area (Å²) in [6.45, 7) is 4.37. The van der Waals surface area contributed by atoms with E-state index in [0.717, 1.165) is 51.4 Å². The Morgan fingerprint density at radius 2 is 1.89 bits per heavy atom.